The monoisotopic (exact) mass is 328 g/mol. The molecule has 0 fully saturated rings. The topological polar surface area (TPSA) is 65.0 Å². The van der Waals surface area contributed by atoms with Crippen molar-refractivity contribution in [2.45, 2.75) is 18.4 Å². The fourth-order valence-electron chi connectivity index (χ4n) is 1.75. The molecule has 1 N–H and O–H groups in total. The van der Waals surface area contributed by atoms with Crippen LogP contribution < -0.4 is 10.2 Å². The average molecular weight is 329 g/mol. The van der Waals surface area contributed by atoms with E-state index >= 15 is 0 Å². The van der Waals surface area contributed by atoms with Gasteiger partial charge in [-0.1, -0.05) is 22.0 Å². The van der Waals surface area contributed by atoms with Crippen molar-refractivity contribution in [3.63, 3.8) is 0 Å². The maximum Gasteiger partial charge on any atom is 0.491 e. The van der Waals surface area contributed by atoms with Crippen molar-refractivity contribution < 1.29 is 23.9 Å². The van der Waals surface area contributed by atoms with Crippen LogP contribution in [0.15, 0.2) is 18.2 Å². The number of alkyl halides is 1. The van der Waals surface area contributed by atoms with E-state index in [0.29, 0.717) is 24.4 Å². The number of carbonyl (C=O) groups is 1. The lowest BCUT2D eigenvalue weighted by Crippen LogP contribution is -2.28. The molecule has 1 atom stereocenters. The van der Waals surface area contributed by atoms with Gasteiger partial charge < -0.3 is 19.2 Å². The lowest BCUT2D eigenvalue weighted by molar-refractivity contribution is -0.142. The third-order valence-corrected chi connectivity index (χ3v) is 3.36. The summed E-state index contributed by atoms with van der Waals surface area (Å²) in [5, 5.41) is 9.58. The van der Waals surface area contributed by atoms with Crippen LogP contribution in [0.25, 0.3) is 0 Å². The highest BCUT2D eigenvalue weighted by molar-refractivity contribution is 9.10. The lowest BCUT2D eigenvalue weighted by atomic mass is 9.79. The first-order chi connectivity index (χ1) is 9.11. The molecular formula is C12H14BBrO5. The van der Waals surface area contributed by atoms with Crippen LogP contribution >= 0.6 is 15.9 Å². The molecule has 1 aromatic rings. The van der Waals surface area contributed by atoms with Gasteiger partial charge in [-0.05, 0) is 30.1 Å². The molecule has 0 aliphatic carbocycles. The Kier molecular flexibility index (Phi) is 4.84. The quantitative estimate of drug-likeness (QED) is 0.487. The van der Waals surface area contributed by atoms with Gasteiger partial charge in [0.1, 0.15) is 17.2 Å². The fourth-order valence-corrected chi connectivity index (χ4v) is 2.02. The molecule has 0 amide bonds. The molecule has 0 spiro atoms. The summed E-state index contributed by atoms with van der Waals surface area (Å²) in [4.78, 5) is 10.9. The maximum atomic E-state index is 11.4. The van der Waals surface area contributed by atoms with Gasteiger partial charge in [0.2, 0.25) is 0 Å². The molecule has 102 valence electrons. The van der Waals surface area contributed by atoms with Gasteiger partial charge in [-0.15, -0.1) is 0 Å². The Morgan fingerprint density at radius 1 is 1.63 bits per heavy atom. The van der Waals surface area contributed by atoms with Crippen LogP contribution in [0.3, 0.4) is 0 Å². The van der Waals surface area contributed by atoms with E-state index in [4.69, 9.17) is 14.1 Å². The predicted octanol–water partition coefficient (Wildman–Crippen LogP) is 0.610. The molecule has 1 aliphatic heterocycles. The average Bonchev–Trinajstić information content (AvgIpc) is 2.78. The SMILES string of the molecule is CCOC(=O)C(Br)COc1ccc2c(c1)B(O)OC2. The maximum absolute atomic E-state index is 11.4. The number of hydrogen-bond donors (Lipinski definition) is 1. The van der Waals surface area contributed by atoms with Gasteiger partial charge in [-0.25, -0.2) is 0 Å². The number of hydrogen-bond acceptors (Lipinski definition) is 5. The van der Waals surface area contributed by atoms with E-state index in [2.05, 4.69) is 15.9 Å². The van der Waals surface area contributed by atoms with Crippen LogP contribution in [0.1, 0.15) is 12.5 Å². The first kappa shape index (κ1) is 14.4. The summed E-state index contributed by atoms with van der Waals surface area (Å²) < 4.78 is 15.4. The van der Waals surface area contributed by atoms with Crippen LogP contribution in [0.5, 0.6) is 5.75 Å². The highest BCUT2D eigenvalue weighted by Crippen LogP contribution is 2.17. The van der Waals surface area contributed by atoms with E-state index < -0.39 is 11.9 Å². The molecule has 7 heteroatoms. The number of ether oxygens (including phenoxy) is 2. The summed E-state index contributed by atoms with van der Waals surface area (Å²) in [5.74, 6) is 0.226. The zero-order valence-corrected chi connectivity index (χ0v) is 12.1. The van der Waals surface area contributed by atoms with E-state index in [1.807, 2.05) is 6.07 Å². The molecule has 19 heavy (non-hydrogen) atoms. The standard InChI is InChI=1S/C12H14BBrO5/c1-2-17-12(15)11(14)7-18-9-4-3-8-6-19-13(16)10(8)5-9/h3-5,11,16H,2,6-7H2,1H3. The highest BCUT2D eigenvalue weighted by atomic mass is 79.9. The minimum Gasteiger partial charge on any atom is -0.492 e. The minimum atomic E-state index is -0.900. The van der Waals surface area contributed by atoms with Crippen molar-refractivity contribution in [2.24, 2.45) is 0 Å². The van der Waals surface area contributed by atoms with Crippen LogP contribution in [-0.2, 0) is 20.8 Å². The summed E-state index contributed by atoms with van der Waals surface area (Å²) in [5.41, 5.74) is 1.65. The van der Waals surface area contributed by atoms with E-state index in [9.17, 15) is 9.82 Å². The normalized spacial score (nSPS) is 15.0. The molecule has 1 aromatic carbocycles. The number of esters is 1. The summed E-state index contributed by atoms with van der Waals surface area (Å²) >= 11 is 3.20. The van der Waals surface area contributed by atoms with Crippen molar-refractivity contribution in [2.75, 3.05) is 13.2 Å². The zero-order chi connectivity index (χ0) is 13.8. The van der Waals surface area contributed by atoms with Crippen molar-refractivity contribution in [3.05, 3.63) is 23.8 Å². The molecule has 0 aromatic heterocycles. The Labute approximate surface area is 120 Å². The van der Waals surface area contributed by atoms with Gasteiger partial charge in [-0.3, -0.25) is 4.79 Å². The van der Waals surface area contributed by atoms with Crippen molar-refractivity contribution >= 4 is 34.5 Å². The molecule has 1 unspecified atom stereocenters. The Morgan fingerprint density at radius 3 is 3.16 bits per heavy atom. The number of benzene rings is 1. The number of rotatable bonds is 5. The van der Waals surface area contributed by atoms with Crippen molar-refractivity contribution in [1.29, 1.82) is 0 Å². The van der Waals surface area contributed by atoms with Gasteiger partial charge in [-0.2, -0.15) is 0 Å². The van der Waals surface area contributed by atoms with Crippen LogP contribution in [0, 0.1) is 0 Å². The first-order valence-electron chi connectivity index (χ1n) is 5.97. The summed E-state index contributed by atoms with van der Waals surface area (Å²) in [6, 6.07) is 5.34. The molecule has 5 nitrogen and oxygen atoms in total. The Bertz CT molecular complexity index is 467. The Balaban J connectivity index is 1.93. The van der Waals surface area contributed by atoms with E-state index in [-0.39, 0.29) is 12.6 Å². The largest absolute Gasteiger partial charge is 0.492 e. The lowest BCUT2D eigenvalue weighted by Gasteiger charge is -2.11. The molecule has 0 saturated carbocycles. The summed E-state index contributed by atoms with van der Waals surface area (Å²) in [6.45, 7) is 2.65. The van der Waals surface area contributed by atoms with Crippen LogP contribution in [0.4, 0.5) is 0 Å². The molecular weight excluding hydrogens is 315 g/mol. The second-order valence-corrected chi connectivity index (χ2v) is 5.16. The van der Waals surface area contributed by atoms with Crippen LogP contribution in [-0.4, -0.2) is 36.2 Å². The summed E-state index contributed by atoms with van der Waals surface area (Å²) in [6.07, 6.45) is 0. The van der Waals surface area contributed by atoms with Gasteiger partial charge in [0.25, 0.3) is 0 Å². The van der Waals surface area contributed by atoms with Crippen molar-refractivity contribution in [1.82, 2.24) is 0 Å². The Morgan fingerprint density at radius 2 is 2.42 bits per heavy atom. The van der Waals surface area contributed by atoms with Gasteiger partial charge >= 0.3 is 13.1 Å². The van der Waals surface area contributed by atoms with Gasteiger partial charge in [0.15, 0.2) is 0 Å². The molecule has 1 heterocycles. The second kappa shape index (κ2) is 6.41. The van der Waals surface area contributed by atoms with Gasteiger partial charge in [0, 0.05) is 0 Å². The molecule has 2 rings (SSSR count). The number of fused-ring (bicyclic) bond motifs is 1. The Hall–Kier alpha value is -1.05. The molecule has 0 radical (unpaired) electrons. The smallest absolute Gasteiger partial charge is 0.491 e. The fraction of sp³-hybridized carbons (Fsp3) is 0.417. The second-order valence-electron chi connectivity index (χ2n) is 4.05. The van der Waals surface area contributed by atoms with E-state index in [1.54, 1.807) is 19.1 Å². The predicted molar refractivity (Wildman–Crippen MR) is 73.7 cm³/mol. The third kappa shape index (κ3) is 3.49. The minimum absolute atomic E-state index is 0.161. The first-order valence-corrected chi connectivity index (χ1v) is 6.89. The molecule has 0 saturated heterocycles. The third-order valence-electron chi connectivity index (χ3n) is 2.72. The van der Waals surface area contributed by atoms with Crippen molar-refractivity contribution in [3.8, 4) is 5.75 Å². The van der Waals surface area contributed by atoms with Crippen LogP contribution in [0.2, 0.25) is 0 Å². The zero-order valence-electron chi connectivity index (χ0n) is 10.5. The molecule has 1 aliphatic rings. The van der Waals surface area contributed by atoms with E-state index in [1.165, 1.54) is 0 Å². The number of halogens is 1. The number of carbonyl (C=O) groups excluding carboxylic acids is 1. The highest BCUT2D eigenvalue weighted by Gasteiger charge is 2.27. The van der Waals surface area contributed by atoms with E-state index in [0.717, 1.165) is 5.56 Å². The van der Waals surface area contributed by atoms with Gasteiger partial charge in [0.05, 0.1) is 13.2 Å². The molecule has 0 bridgehead atoms. The summed E-state index contributed by atoms with van der Waals surface area (Å²) in [7, 11) is -0.900.